The normalized spacial score (nSPS) is 16.5. The van der Waals surface area contributed by atoms with E-state index in [1.165, 1.54) is 0 Å². The summed E-state index contributed by atoms with van der Waals surface area (Å²) in [6.07, 6.45) is 1.85. The molecule has 0 saturated carbocycles. The lowest BCUT2D eigenvalue weighted by molar-refractivity contribution is -0.110. The fourth-order valence-corrected chi connectivity index (χ4v) is 3.16. The van der Waals surface area contributed by atoms with Crippen molar-refractivity contribution in [3.05, 3.63) is 35.5 Å². The summed E-state index contributed by atoms with van der Waals surface area (Å²) in [6.45, 7) is 11.8. The fourth-order valence-electron chi connectivity index (χ4n) is 2.20. The van der Waals surface area contributed by atoms with Gasteiger partial charge in [0, 0.05) is 31.5 Å². The van der Waals surface area contributed by atoms with Gasteiger partial charge in [-0.2, -0.15) is 0 Å². The Labute approximate surface area is 140 Å². The van der Waals surface area contributed by atoms with Gasteiger partial charge in [0.05, 0.1) is 12.2 Å². The van der Waals surface area contributed by atoms with E-state index < -0.39 is 8.32 Å². The van der Waals surface area contributed by atoms with Gasteiger partial charge in [0.25, 0.3) is 5.91 Å². The van der Waals surface area contributed by atoms with E-state index in [4.69, 9.17) is 4.43 Å². The molecule has 2 rings (SSSR count). The highest BCUT2D eigenvalue weighted by Gasteiger charge is 2.37. The van der Waals surface area contributed by atoms with Crippen LogP contribution in [-0.2, 0) is 15.8 Å². The molecule has 1 amide bonds. The first-order chi connectivity index (χ1) is 10.5. The minimum absolute atomic E-state index is 0.0452. The molecular formula is C18H28N2O2Si. The molecule has 0 radical (unpaired) electrons. The van der Waals surface area contributed by atoms with Gasteiger partial charge in [-0.3, -0.25) is 4.79 Å². The van der Waals surface area contributed by atoms with Gasteiger partial charge in [0.15, 0.2) is 8.32 Å². The van der Waals surface area contributed by atoms with Crippen molar-refractivity contribution in [2.45, 2.75) is 45.5 Å². The number of nitrogens with zero attached hydrogens (tertiary/aromatic N) is 1. The molecule has 0 atom stereocenters. The number of benzene rings is 1. The molecule has 0 bridgehead atoms. The summed E-state index contributed by atoms with van der Waals surface area (Å²) in [5.41, 5.74) is 3.64. The van der Waals surface area contributed by atoms with E-state index in [9.17, 15) is 4.79 Å². The number of amides is 1. The van der Waals surface area contributed by atoms with E-state index in [2.05, 4.69) is 45.2 Å². The van der Waals surface area contributed by atoms with Crippen molar-refractivity contribution < 1.29 is 9.22 Å². The molecule has 4 nitrogen and oxygen atoms in total. The molecule has 0 aromatic heterocycles. The summed E-state index contributed by atoms with van der Waals surface area (Å²) in [7, 11) is 2.07. The maximum atomic E-state index is 12.1. The van der Waals surface area contributed by atoms with E-state index >= 15 is 0 Å². The van der Waals surface area contributed by atoms with E-state index in [1.807, 2.05) is 37.3 Å². The zero-order chi connectivity index (χ0) is 17.4. The molecule has 1 heterocycles. The second kappa shape index (κ2) is 6.13. The fraction of sp³-hybridized carbons (Fsp3) is 0.500. The van der Waals surface area contributed by atoms with Gasteiger partial charge in [-0.15, -0.1) is 0 Å². The Hall–Kier alpha value is -1.59. The third-order valence-corrected chi connectivity index (χ3v) is 9.14. The Morgan fingerprint density at radius 1 is 1.26 bits per heavy atom. The van der Waals surface area contributed by atoms with Gasteiger partial charge in [0.1, 0.15) is 0 Å². The van der Waals surface area contributed by atoms with Crippen LogP contribution in [0.25, 0.3) is 5.57 Å². The second-order valence-corrected chi connectivity index (χ2v) is 12.7. The number of nitrogens with one attached hydrogen (secondary N) is 1. The number of rotatable bonds is 4. The summed E-state index contributed by atoms with van der Waals surface area (Å²) < 4.78 is 6.26. The smallest absolute Gasteiger partial charge is 0.257 e. The lowest BCUT2D eigenvalue weighted by atomic mass is 10.1. The third-order valence-electron chi connectivity index (χ3n) is 4.66. The van der Waals surface area contributed by atoms with Crippen LogP contribution in [0, 0.1) is 0 Å². The predicted octanol–water partition coefficient (Wildman–Crippen LogP) is 4.06. The first kappa shape index (κ1) is 17.8. The Balaban J connectivity index is 2.18. The second-order valence-electron chi connectivity index (χ2n) is 7.89. The number of carbonyl (C=O) groups is 1. The van der Waals surface area contributed by atoms with Crippen molar-refractivity contribution in [2.75, 3.05) is 19.4 Å². The Morgan fingerprint density at radius 2 is 1.91 bits per heavy atom. The molecule has 0 spiro atoms. The molecule has 0 unspecified atom stereocenters. The van der Waals surface area contributed by atoms with Crippen LogP contribution in [-0.4, -0.2) is 33.2 Å². The van der Waals surface area contributed by atoms with Crippen molar-refractivity contribution in [3.63, 3.8) is 0 Å². The molecule has 126 valence electrons. The van der Waals surface area contributed by atoms with Crippen LogP contribution in [0.3, 0.4) is 0 Å². The van der Waals surface area contributed by atoms with Crippen LogP contribution in [0.2, 0.25) is 18.1 Å². The zero-order valence-corrected chi connectivity index (χ0v) is 16.3. The molecule has 0 saturated heterocycles. The molecular weight excluding hydrogens is 304 g/mol. The molecule has 1 aromatic rings. The van der Waals surface area contributed by atoms with Crippen LogP contribution in [0.1, 0.15) is 31.9 Å². The predicted molar refractivity (Wildman–Crippen MR) is 98.7 cm³/mol. The van der Waals surface area contributed by atoms with Crippen molar-refractivity contribution in [1.29, 1.82) is 0 Å². The number of hydrogen-bond donors (Lipinski definition) is 1. The van der Waals surface area contributed by atoms with Crippen LogP contribution in [0.4, 0.5) is 5.69 Å². The number of fused-ring (bicyclic) bond motifs is 1. The van der Waals surface area contributed by atoms with Gasteiger partial charge in [0.2, 0.25) is 0 Å². The lowest BCUT2D eigenvalue weighted by Gasteiger charge is -2.36. The minimum Gasteiger partial charge on any atom is -0.413 e. The van der Waals surface area contributed by atoms with Crippen molar-refractivity contribution in [2.24, 2.45) is 0 Å². The van der Waals surface area contributed by atoms with E-state index in [1.54, 1.807) is 0 Å². The van der Waals surface area contributed by atoms with Gasteiger partial charge in [-0.25, -0.2) is 0 Å². The summed E-state index contributed by atoms with van der Waals surface area (Å²) in [5.74, 6) is -0.0452. The lowest BCUT2D eigenvalue weighted by Crippen LogP contribution is -2.40. The summed E-state index contributed by atoms with van der Waals surface area (Å²) in [4.78, 5) is 14.0. The van der Waals surface area contributed by atoms with Crippen molar-refractivity contribution >= 4 is 25.5 Å². The largest absolute Gasteiger partial charge is 0.413 e. The average molecular weight is 333 g/mol. The Morgan fingerprint density at radius 3 is 2.48 bits per heavy atom. The first-order valence-corrected chi connectivity index (χ1v) is 10.9. The maximum Gasteiger partial charge on any atom is 0.257 e. The monoisotopic (exact) mass is 332 g/mol. The maximum absolute atomic E-state index is 12.1. The van der Waals surface area contributed by atoms with E-state index in [-0.39, 0.29) is 10.9 Å². The topological polar surface area (TPSA) is 41.6 Å². The first-order valence-electron chi connectivity index (χ1n) is 7.98. The average Bonchev–Trinajstić information content (AvgIpc) is 2.70. The Kier molecular flexibility index (Phi) is 4.73. The molecule has 0 aliphatic carbocycles. The van der Waals surface area contributed by atoms with Gasteiger partial charge >= 0.3 is 0 Å². The molecule has 1 aliphatic heterocycles. The minimum atomic E-state index is -1.77. The van der Waals surface area contributed by atoms with Crippen LogP contribution >= 0.6 is 0 Å². The van der Waals surface area contributed by atoms with Crippen LogP contribution in [0.5, 0.6) is 0 Å². The molecule has 23 heavy (non-hydrogen) atoms. The third kappa shape index (κ3) is 3.84. The van der Waals surface area contributed by atoms with Crippen molar-refractivity contribution in [1.82, 2.24) is 4.90 Å². The highest BCUT2D eigenvalue weighted by Crippen LogP contribution is 2.38. The van der Waals surface area contributed by atoms with Gasteiger partial charge in [-0.1, -0.05) is 32.9 Å². The highest BCUT2D eigenvalue weighted by atomic mass is 28.4. The van der Waals surface area contributed by atoms with Crippen LogP contribution < -0.4 is 5.32 Å². The number of hydrogen-bond acceptors (Lipinski definition) is 3. The molecule has 1 N–H and O–H groups in total. The van der Waals surface area contributed by atoms with Gasteiger partial charge in [-0.05, 0) is 29.8 Å². The summed E-state index contributed by atoms with van der Waals surface area (Å²) in [5, 5.41) is 3.14. The quantitative estimate of drug-likeness (QED) is 0.668. The standard InChI is InChI=1S/C18H28N2O2Si/c1-18(2,3)23(6,7)22-12-13-8-9-14-15(11-20(4)5)17(21)19-16(14)10-13/h8-11H,12H2,1-7H3,(H,19,21)/b15-11-. The van der Waals surface area contributed by atoms with Gasteiger partial charge < -0.3 is 14.6 Å². The summed E-state index contributed by atoms with van der Waals surface area (Å²) >= 11 is 0. The number of carbonyl (C=O) groups excluding carboxylic acids is 1. The number of anilines is 1. The Bertz CT molecular complexity index is 643. The SMILES string of the molecule is CN(C)/C=C1\C(=O)Nc2cc(CO[Si](C)(C)C(C)(C)C)ccc21. The molecule has 1 aliphatic rings. The zero-order valence-electron chi connectivity index (χ0n) is 15.3. The van der Waals surface area contributed by atoms with E-state index in [0.29, 0.717) is 12.2 Å². The molecule has 0 fully saturated rings. The van der Waals surface area contributed by atoms with Crippen molar-refractivity contribution in [3.8, 4) is 0 Å². The molecule has 1 aromatic carbocycles. The summed E-state index contributed by atoms with van der Waals surface area (Å²) in [6, 6.07) is 6.08. The van der Waals surface area contributed by atoms with Crippen LogP contribution in [0.15, 0.2) is 24.4 Å². The highest BCUT2D eigenvalue weighted by molar-refractivity contribution is 6.74. The molecule has 5 heteroatoms. The van der Waals surface area contributed by atoms with E-state index in [0.717, 1.165) is 16.8 Å².